The molecule has 3 N–H and O–H groups in total. The van der Waals surface area contributed by atoms with Gasteiger partial charge in [-0.3, -0.25) is 4.79 Å². The van der Waals surface area contributed by atoms with Crippen molar-refractivity contribution in [3.8, 4) is 0 Å². The van der Waals surface area contributed by atoms with Gasteiger partial charge in [0, 0.05) is 16.6 Å². The molecule has 0 fully saturated rings. The van der Waals surface area contributed by atoms with Crippen molar-refractivity contribution in [3.05, 3.63) is 56.2 Å². The Hall–Kier alpha value is -1.24. The number of benzene rings is 1. The normalized spacial score (nSPS) is 10.2. The van der Waals surface area contributed by atoms with Crippen LogP contribution in [0.2, 0.25) is 0 Å². The molecule has 0 bridgehead atoms. The first-order valence-corrected chi connectivity index (χ1v) is 7.56. The molecule has 0 aliphatic heterocycles. The summed E-state index contributed by atoms with van der Waals surface area (Å²) in [4.78, 5) is 13.0. The predicted molar refractivity (Wildman–Crippen MR) is 85.5 cm³/mol. The highest BCUT2D eigenvalue weighted by Crippen LogP contribution is 2.22. The van der Waals surface area contributed by atoms with Gasteiger partial charge in [-0.15, -0.1) is 11.3 Å². The van der Waals surface area contributed by atoms with Crippen molar-refractivity contribution >= 4 is 50.4 Å². The van der Waals surface area contributed by atoms with Crippen LogP contribution in [0.15, 0.2) is 40.2 Å². The number of halogens is 1. The maximum Gasteiger partial charge on any atom is 0.262 e. The van der Waals surface area contributed by atoms with Crippen molar-refractivity contribution in [1.29, 1.82) is 0 Å². The second-order valence-electron chi connectivity index (χ2n) is 3.84. The lowest BCUT2D eigenvalue weighted by molar-refractivity contribution is 0.0954. The van der Waals surface area contributed by atoms with Gasteiger partial charge in [-0.25, -0.2) is 0 Å². The highest BCUT2D eigenvalue weighted by atomic mass is 79.9. The molecule has 0 saturated heterocycles. The number of hydrogen-bond donors (Lipinski definition) is 2. The van der Waals surface area contributed by atoms with Gasteiger partial charge in [0.2, 0.25) is 0 Å². The number of thiophene rings is 1. The number of thiocarbonyl (C=S) groups is 1. The maximum absolute atomic E-state index is 11.9. The standard InChI is InChI=1S/C13H11BrN2OS2/c14-10-5-6-19-11(10)13(17)16-7-8-1-3-9(4-2-8)12(15)18/h1-6H,7H2,(H2,15,18)(H,16,17). The molecule has 0 unspecified atom stereocenters. The van der Waals surface area contributed by atoms with Crippen LogP contribution in [0, 0.1) is 0 Å². The third kappa shape index (κ3) is 3.62. The second kappa shape index (κ2) is 6.27. The third-order valence-electron chi connectivity index (χ3n) is 2.51. The minimum absolute atomic E-state index is 0.0831. The van der Waals surface area contributed by atoms with E-state index in [-0.39, 0.29) is 5.91 Å². The summed E-state index contributed by atoms with van der Waals surface area (Å²) in [6.07, 6.45) is 0. The molecule has 2 aromatic rings. The Morgan fingerprint density at radius 3 is 2.53 bits per heavy atom. The predicted octanol–water partition coefficient (Wildman–Crippen LogP) is 3.07. The van der Waals surface area contributed by atoms with Crippen LogP contribution in [-0.2, 0) is 6.54 Å². The minimum Gasteiger partial charge on any atom is -0.389 e. The Labute approximate surface area is 129 Å². The first kappa shape index (κ1) is 14.2. The zero-order valence-corrected chi connectivity index (χ0v) is 13.1. The van der Waals surface area contributed by atoms with Gasteiger partial charge in [0.15, 0.2) is 0 Å². The molecule has 0 aliphatic rings. The molecule has 1 aromatic heterocycles. The molecule has 0 atom stereocenters. The van der Waals surface area contributed by atoms with Crippen molar-refractivity contribution < 1.29 is 4.79 Å². The molecular formula is C13H11BrN2OS2. The monoisotopic (exact) mass is 354 g/mol. The fourth-order valence-electron chi connectivity index (χ4n) is 1.51. The summed E-state index contributed by atoms with van der Waals surface area (Å²) in [6.45, 7) is 0.473. The van der Waals surface area contributed by atoms with E-state index < -0.39 is 0 Å². The van der Waals surface area contributed by atoms with E-state index in [1.165, 1.54) is 11.3 Å². The van der Waals surface area contributed by atoms with Gasteiger partial charge in [-0.1, -0.05) is 36.5 Å². The van der Waals surface area contributed by atoms with Gasteiger partial charge in [0.25, 0.3) is 5.91 Å². The summed E-state index contributed by atoms with van der Waals surface area (Å²) in [5.74, 6) is -0.0831. The summed E-state index contributed by atoms with van der Waals surface area (Å²) in [6, 6.07) is 9.36. The van der Waals surface area contributed by atoms with Gasteiger partial charge >= 0.3 is 0 Å². The van der Waals surface area contributed by atoms with Crippen LogP contribution >= 0.6 is 39.5 Å². The van der Waals surface area contributed by atoms with Crippen LogP contribution in [0.3, 0.4) is 0 Å². The van der Waals surface area contributed by atoms with Crippen molar-refractivity contribution in [2.75, 3.05) is 0 Å². The van der Waals surface area contributed by atoms with E-state index in [9.17, 15) is 4.79 Å². The van der Waals surface area contributed by atoms with E-state index >= 15 is 0 Å². The molecule has 6 heteroatoms. The Kier molecular flexibility index (Phi) is 4.68. The quantitative estimate of drug-likeness (QED) is 0.829. The van der Waals surface area contributed by atoms with Crippen molar-refractivity contribution in [2.45, 2.75) is 6.54 Å². The highest BCUT2D eigenvalue weighted by molar-refractivity contribution is 9.10. The lowest BCUT2D eigenvalue weighted by Gasteiger charge is -2.05. The molecule has 19 heavy (non-hydrogen) atoms. The molecule has 0 radical (unpaired) electrons. The van der Waals surface area contributed by atoms with Crippen molar-refractivity contribution in [1.82, 2.24) is 5.32 Å². The van der Waals surface area contributed by atoms with Crippen LogP contribution < -0.4 is 11.1 Å². The number of amides is 1. The molecule has 98 valence electrons. The number of carbonyl (C=O) groups excluding carboxylic acids is 1. The summed E-state index contributed by atoms with van der Waals surface area (Å²) >= 11 is 9.63. The van der Waals surface area contributed by atoms with E-state index in [0.29, 0.717) is 16.4 Å². The largest absolute Gasteiger partial charge is 0.389 e. The van der Waals surface area contributed by atoms with E-state index in [0.717, 1.165) is 15.6 Å². The molecular weight excluding hydrogens is 344 g/mol. The zero-order chi connectivity index (χ0) is 13.8. The average molecular weight is 355 g/mol. The van der Waals surface area contributed by atoms with Crippen LogP contribution in [0.4, 0.5) is 0 Å². The number of nitrogens with two attached hydrogens (primary N) is 1. The first-order chi connectivity index (χ1) is 9.08. The number of nitrogens with one attached hydrogen (secondary N) is 1. The first-order valence-electron chi connectivity index (χ1n) is 5.48. The number of rotatable bonds is 4. The minimum atomic E-state index is -0.0831. The van der Waals surface area contributed by atoms with Crippen LogP contribution in [0.5, 0.6) is 0 Å². The van der Waals surface area contributed by atoms with E-state index in [2.05, 4.69) is 21.2 Å². The lowest BCUT2D eigenvalue weighted by atomic mass is 10.1. The van der Waals surface area contributed by atoms with Crippen molar-refractivity contribution in [3.63, 3.8) is 0 Å². The van der Waals surface area contributed by atoms with Crippen molar-refractivity contribution in [2.24, 2.45) is 5.73 Å². The number of hydrogen-bond acceptors (Lipinski definition) is 3. The van der Waals surface area contributed by atoms with Gasteiger partial charge in [-0.2, -0.15) is 0 Å². The van der Waals surface area contributed by atoms with Gasteiger partial charge < -0.3 is 11.1 Å². The Morgan fingerprint density at radius 1 is 1.32 bits per heavy atom. The van der Waals surface area contributed by atoms with E-state index in [1.807, 2.05) is 35.7 Å². The Morgan fingerprint density at radius 2 is 2.00 bits per heavy atom. The highest BCUT2D eigenvalue weighted by Gasteiger charge is 2.10. The maximum atomic E-state index is 11.9. The molecule has 2 rings (SSSR count). The molecule has 1 amide bonds. The van der Waals surface area contributed by atoms with Gasteiger partial charge in [0.1, 0.15) is 9.87 Å². The topological polar surface area (TPSA) is 55.1 Å². The Bertz CT molecular complexity index is 607. The number of carbonyl (C=O) groups is 1. The fraction of sp³-hybridized carbons (Fsp3) is 0.0769. The SMILES string of the molecule is NC(=S)c1ccc(CNC(=O)c2sccc2Br)cc1. The fourth-order valence-corrected chi connectivity index (χ4v) is 3.11. The van der Waals surface area contributed by atoms with E-state index in [1.54, 1.807) is 0 Å². The molecule has 0 aliphatic carbocycles. The summed E-state index contributed by atoms with van der Waals surface area (Å²) in [5, 5.41) is 4.74. The summed E-state index contributed by atoms with van der Waals surface area (Å²) in [7, 11) is 0. The lowest BCUT2D eigenvalue weighted by Crippen LogP contribution is -2.22. The zero-order valence-electron chi connectivity index (χ0n) is 9.85. The molecule has 0 spiro atoms. The smallest absolute Gasteiger partial charge is 0.262 e. The molecule has 0 saturated carbocycles. The Balaban J connectivity index is 1.97. The molecule has 1 aromatic carbocycles. The van der Waals surface area contributed by atoms with Crippen LogP contribution in [0.25, 0.3) is 0 Å². The van der Waals surface area contributed by atoms with E-state index in [4.69, 9.17) is 18.0 Å². The molecule has 3 nitrogen and oxygen atoms in total. The van der Waals surface area contributed by atoms with Crippen LogP contribution in [0.1, 0.15) is 20.8 Å². The average Bonchev–Trinajstić information content (AvgIpc) is 2.83. The van der Waals surface area contributed by atoms with Gasteiger partial charge in [0.05, 0.1) is 0 Å². The third-order valence-corrected chi connectivity index (χ3v) is 4.59. The van der Waals surface area contributed by atoms with Crippen LogP contribution in [-0.4, -0.2) is 10.9 Å². The van der Waals surface area contributed by atoms with Gasteiger partial charge in [-0.05, 0) is 32.9 Å². The molecule has 1 heterocycles. The summed E-state index contributed by atoms with van der Waals surface area (Å²) < 4.78 is 0.818. The second-order valence-corrected chi connectivity index (χ2v) is 6.05. The summed E-state index contributed by atoms with van der Waals surface area (Å²) in [5.41, 5.74) is 7.35.